The maximum Gasteiger partial charge on any atom is 0.160 e. The van der Waals surface area contributed by atoms with E-state index in [1.54, 1.807) is 12.1 Å². The fourth-order valence-electron chi connectivity index (χ4n) is 1.33. The van der Waals surface area contributed by atoms with Crippen molar-refractivity contribution >= 4 is 34.1 Å². The Morgan fingerprint density at radius 1 is 1.20 bits per heavy atom. The van der Waals surface area contributed by atoms with E-state index in [-0.39, 0.29) is 17.4 Å². The second-order valence-corrected chi connectivity index (χ2v) is 3.86. The molecule has 1 heterocycles. The van der Waals surface area contributed by atoms with E-state index in [9.17, 15) is 5.11 Å². The van der Waals surface area contributed by atoms with Gasteiger partial charge in [-0.3, -0.25) is 0 Å². The van der Waals surface area contributed by atoms with E-state index in [1.165, 1.54) is 6.07 Å². The quantitative estimate of drug-likeness (QED) is 0.810. The molecule has 78 valence electrons. The van der Waals surface area contributed by atoms with Gasteiger partial charge in [-0.1, -0.05) is 23.2 Å². The molecule has 0 aliphatic heterocycles. The third-order valence-electron chi connectivity index (χ3n) is 2.08. The number of aliphatic hydroxyl groups excluding tert-OH is 1. The first-order chi connectivity index (χ1) is 7.13. The number of pyridine rings is 1. The van der Waals surface area contributed by atoms with E-state index in [0.29, 0.717) is 21.6 Å². The van der Waals surface area contributed by atoms with Gasteiger partial charge in [0.2, 0.25) is 0 Å². The smallest absolute Gasteiger partial charge is 0.160 e. The first kappa shape index (κ1) is 10.5. The fourth-order valence-corrected chi connectivity index (χ4v) is 1.85. The third-order valence-corrected chi connectivity index (χ3v) is 2.68. The van der Waals surface area contributed by atoms with Gasteiger partial charge in [-0.15, -0.1) is 0 Å². The van der Waals surface area contributed by atoms with Gasteiger partial charge in [0.15, 0.2) is 5.75 Å². The Hall–Kier alpha value is -1.03. The lowest BCUT2D eigenvalue weighted by atomic mass is 10.2. The van der Waals surface area contributed by atoms with Gasteiger partial charge in [0.25, 0.3) is 0 Å². The molecule has 2 aromatic rings. The molecule has 0 aliphatic carbocycles. The average Bonchev–Trinajstić information content (AvgIpc) is 2.25. The van der Waals surface area contributed by atoms with Crippen LogP contribution in [-0.4, -0.2) is 15.2 Å². The summed E-state index contributed by atoms with van der Waals surface area (Å²) in [5.74, 6) is -0.119. The summed E-state index contributed by atoms with van der Waals surface area (Å²) in [6.45, 7) is -0.195. The Kier molecular flexibility index (Phi) is 2.69. The van der Waals surface area contributed by atoms with Crippen LogP contribution in [0.25, 0.3) is 10.9 Å². The number of aliphatic hydroxyl groups is 1. The highest BCUT2D eigenvalue weighted by molar-refractivity contribution is 6.39. The van der Waals surface area contributed by atoms with Crippen molar-refractivity contribution < 1.29 is 10.2 Å². The maximum atomic E-state index is 9.67. The lowest BCUT2D eigenvalue weighted by Crippen LogP contribution is -1.90. The van der Waals surface area contributed by atoms with Gasteiger partial charge in [0.05, 0.1) is 22.3 Å². The molecular weight excluding hydrogens is 237 g/mol. The number of aromatic nitrogens is 1. The number of nitrogens with zero attached hydrogens (tertiary/aromatic N) is 1. The number of fused-ring (bicyclic) bond motifs is 1. The van der Waals surface area contributed by atoms with Crippen LogP contribution >= 0.6 is 23.2 Å². The highest BCUT2D eigenvalue weighted by atomic mass is 35.5. The summed E-state index contributed by atoms with van der Waals surface area (Å²) in [6, 6.07) is 4.79. The Labute approximate surface area is 95.9 Å². The molecule has 3 nitrogen and oxygen atoms in total. The van der Waals surface area contributed by atoms with Crippen LogP contribution in [0.3, 0.4) is 0 Å². The zero-order valence-electron chi connectivity index (χ0n) is 7.54. The Bertz CT molecular complexity index is 528. The molecule has 0 atom stereocenters. The molecule has 0 spiro atoms. The SMILES string of the molecule is OCc1ccc2c(Cl)cc(Cl)c(O)c2n1. The van der Waals surface area contributed by atoms with Crippen molar-refractivity contribution in [2.24, 2.45) is 0 Å². The highest BCUT2D eigenvalue weighted by Crippen LogP contribution is 2.36. The normalized spacial score (nSPS) is 10.9. The van der Waals surface area contributed by atoms with Crippen LogP contribution in [0.15, 0.2) is 18.2 Å². The van der Waals surface area contributed by atoms with E-state index in [0.717, 1.165) is 0 Å². The summed E-state index contributed by atoms with van der Waals surface area (Å²) in [6.07, 6.45) is 0. The van der Waals surface area contributed by atoms with E-state index in [4.69, 9.17) is 28.3 Å². The van der Waals surface area contributed by atoms with E-state index >= 15 is 0 Å². The summed E-state index contributed by atoms with van der Waals surface area (Å²) in [5.41, 5.74) is 0.759. The molecule has 1 aromatic heterocycles. The summed E-state index contributed by atoms with van der Waals surface area (Å²) in [4.78, 5) is 4.05. The predicted octanol–water partition coefficient (Wildman–Crippen LogP) is 2.74. The van der Waals surface area contributed by atoms with Crippen molar-refractivity contribution in [1.29, 1.82) is 0 Å². The zero-order valence-corrected chi connectivity index (χ0v) is 9.05. The molecule has 2 rings (SSSR count). The number of phenols is 1. The second-order valence-electron chi connectivity index (χ2n) is 3.05. The minimum atomic E-state index is -0.195. The number of rotatable bonds is 1. The summed E-state index contributed by atoms with van der Waals surface area (Å²) in [5, 5.41) is 19.8. The van der Waals surface area contributed by atoms with Crippen LogP contribution in [0, 0.1) is 0 Å². The van der Waals surface area contributed by atoms with Crippen molar-refractivity contribution in [2.45, 2.75) is 6.61 Å². The van der Waals surface area contributed by atoms with Crippen LogP contribution in [0.2, 0.25) is 10.0 Å². The molecule has 0 fully saturated rings. The Morgan fingerprint density at radius 3 is 2.60 bits per heavy atom. The third kappa shape index (κ3) is 1.74. The van der Waals surface area contributed by atoms with Crippen LogP contribution in [0.5, 0.6) is 5.75 Å². The standard InChI is InChI=1S/C10H7Cl2NO2/c11-7-3-8(12)10(15)9-6(7)2-1-5(4-14)13-9/h1-3,14-15H,4H2. The molecule has 0 bridgehead atoms. The molecule has 1 aromatic carbocycles. The van der Waals surface area contributed by atoms with Crippen LogP contribution in [-0.2, 0) is 6.61 Å². The summed E-state index contributed by atoms with van der Waals surface area (Å²) < 4.78 is 0. The first-order valence-corrected chi connectivity index (χ1v) is 4.96. The number of hydrogen-bond acceptors (Lipinski definition) is 3. The van der Waals surface area contributed by atoms with Crippen molar-refractivity contribution in [2.75, 3.05) is 0 Å². The van der Waals surface area contributed by atoms with Crippen LogP contribution < -0.4 is 0 Å². The summed E-state index contributed by atoms with van der Waals surface area (Å²) >= 11 is 11.7. The zero-order chi connectivity index (χ0) is 11.0. The Morgan fingerprint density at radius 2 is 1.93 bits per heavy atom. The van der Waals surface area contributed by atoms with E-state index in [1.807, 2.05) is 0 Å². The topological polar surface area (TPSA) is 53.4 Å². The van der Waals surface area contributed by atoms with Crippen molar-refractivity contribution in [3.8, 4) is 5.75 Å². The Balaban J connectivity index is 2.85. The van der Waals surface area contributed by atoms with Gasteiger partial charge in [-0.2, -0.15) is 0 Å². The van der Waals surface area contributed by atoms with E-state index in [2.05, 4.69) is 4.98 Å². The molecule has 15 heavy (non-hydrogen) atoms. The van der Waals surface area contributed by atoms with Crippen LogP contribution in [0.4, 0.5) is 0 Å². The van der Waals surface area contributed by atoms with Gasteiger partial charge in [0.1, 0.15) is 5.52 Å². The lowest BCUT2D eigenvalue weighted by molar-refractivity contribution is 0.277. The lowest BCUT2D eigenvalue weighted by Gasteiger charge is -2.05. The molecule has 0 radical (unpaired) electrons. The first-order valence-electron chi connectivity index (χ1n) is 4.21. The van der Waals surface area contributed by atoms with Crippen LogP contribution in [0.1, 0.15) is 5.69 Å². The average molecular weight is 244 g/mol. The van der Waals surface area contributed by atoms with Gasteiger partial charge < -0.3 is 10.2 Å². The molecule has 5 heteroatoms. The van der Waals surface area contributed by atoms with Gasteiger partial charge in [0, 0.05) is 5.39 Å². The molecule has 0 aliphatic rings. The monoisotopic (exact) mass is 243 g/mol. The predicted molar refractivity (Wildman–Crippen MR) is 59.4 cm³/mol. The molecule has 0 unspecified atom stereocenters. The number of aromatic hydroxyl groups is 1. The van der Waals surface area contributed by atoms with Crippen molar-refractivity contribution in [3.05, 3.63) is 33.9 Å². The van der Waals surface area contributed by atoms with Crippen molar-refractivity contribution in [1.82, 2.24) is 4.98 Å². The minimum Gasteiger partial charge on any atom is -0.504 e. The molecule has 0 saturated carbocycles. The minimum absolute atomic E-state index is 0.119. The van der Waals surface area contributed by atoms with Gasteiger partial charge >= 0.3 is 0 Å². The highest BCUT2D eigenvalue weighted by Gasteiger charge is 2.10. The number of halogens is 2. The van der Waals surface area contributed by atoms with E-state index < -0.39 is 0 Å². The second kappa shape index (κ2) is 3.85. The molecule has 0 amide bonds. The van der Waals surface area contributed by atoms with Gasteiger partial charge in [-0.05, 0) is 18.2 Å². The number of benzene rings is 1. The number of hydrogen-bond donors (Lipinski definition) is 2. The fraction of sp³-hybridized carbons (Fsp3) is 0.100. The number of phenolic OH excluding ortho intramolecular Hbond substituents is 1. The van der Waals surface area contributed by atoms with Gasteiger partial charge in [-0.25, -0.2) is 4.98 Å². The molecule has 2 N–H and O–H groups in total. The van der Waals surface area contributed by atoms with Crippen molar-refractivity contribution in [3.63, 3.8) is 0 Å². The summed E-state index contributed by atoms with van der Waals surface area (Å²) in [7, 11) is 0. The largest absolute Gasteiger partial charge is 0.504 e. The maximum absolute atomic E-state index is 9.67. The molecular formula is C10H7Cl2NO2. The molecule has 0 saturated heterocycles.